The smallest absolute Gasteiger partial charge is 0.262 e. The fraction of sp³-hybridized carbons (Fsp3) is 0.889. The molecule has 1 amide bonds. The molecule has 1 heterocycles. The molecule has 0 bridgehead atoms. The third-order valence-electron chi connectivity index (χ3n) is 2.87. The van der Waals surface area contributed by atoms with Crippen molar-refractivity contribution in [3.63, 3.8) is 0 Å². The fourth-order valence-electron chi connectivity index (χ4n) is 1.74. The average Bonchev–Trinajstić information content (AvgIpc) is 2.97. The van der Waals surface area contributed by atoms with E-state index < -0.39 is 22.0 Å². The fourth-order valence-corrected chi connectivity index (χ4v) is 3.07. The monoisotopic (exact) mass is 248 g/mol. The Morgan fingerprint density at radius 3 is 2.50 bits per heavy atom. The Labute approximate surface area is 94.6 Å². The lowest BCUT2D eigenvalue weighted by Gasteiger charge is -2.12. The van der Waals surface area contributed by atoms with Gasteiger partial charge in [0.15, 0.2) is 0 Å². The van der Waals surface area contributed by atoms with Gasteiger partial charge < -0.3 is 10.5 Å². The second-order valence-electron chi connectivity index (χ2n) is 4.27. The van der Waals surface area contributed by atoms with Crippen LogP contribution in [0.1, 0.15) is 25.7 Å². The van der Waals surface area contributed by atoms with Gasteiger partial charge in [-0.3, -0.25) is 9.52 Å². The first-order chi connectivity index (χ1) is 7.53. The third kappa shape index (κ3) is 2.53. The van der Waals surface area contributed by atoms with Crippen LogP contribution < -0.4 is 10.5 Å². The molecule has 0 aromatic rings. The minimum Gasteiger partial charge on any atom is -0.364 e. The normalized spacial score (nSPS) is 30.3. The molecule has 1 aliphatic carbocycles. The summed E-state index contributed by atoms with van der Waals surface area (Å²) in [5.74, 6) is -0.553. The van der Waals surface area contributed by atoms with E-state index >= 15 is 0 Å². The zero-order valence-electron chi connectivity index (χ0n) is 8.89. The molecule has 3 N–H and O–H groups in total. The molecule has 1 saturated carbocycles. The Hall–Kier alpha value is -0.660. The van der Waals surface area contributed by atoms with E-state index in [9.17, 15) is 13.2 Å². The highest BCUT2D eigenvalue weighted by Crippen LogP contribution is 2.28. The SMILES string of the molecule is NCC1CCC(C(=O)NS(=O)(=O)C2CC2)O1. The van der Waals surface area contributed by atoms with Gasteiger partial charge in [-0.05, 0) is 25.7 Å². The molecule has 0 radical (unpaired) electrons. The minimum absolute atomic E-state index is 0.126. The van der Waals surface area contributed by atoms with E-state index in [1.807, 2.05) is 0 Å². The summed E-state index contributed by atoms with van der Waals surface area (Å²) in [5.41, 5.74) is 5.41. The van der Waals surface area contributed by atoms with Gasteiger partial charge in [0.1, 0.15) is 6.10 Å². The predicted octanol–water partition coefficient (Wildman–Crippen LogP) is -0.899. The van der Waals surface area contributed by atoms with Crippen molar-refractivity contribution < 1.29 is 17.9 Å². The first-order valence-electron chi connectivity index (χ1n) is 5.44. The van der Waals surface area contributed by atoms with E-state index in [1.54, 1.807) is 0 Å². The van der Waals surface area contributed by atoms with E-state index in [-0.39, 0.29) is 11.4 Å². The Kier molecular flexibility index (Phi) is 3.18. The number of rotatable bonds is 4. The second-order valence-corrected chi connectivity index (χ2v) is 6.23. The van der Waals surface area contributed by atoms with E-state index in [0.29, 0.717) is 32.2 Å². The molecule has 2 unspecified atom stereocenters. The van der Waals surface area contributed by atoms with Crippen molar-refractivity contribution in [1.29, 1.82) is 0 Å². The summed E-state index contributed by atoms with van der Waals surface area (Å²) in [6, 6.07) is 0. The number of nitrogens with one attached hydrogen (secondary N) is 1. The average molecular weight is 248 g/mol. The quantitative estimate of drug-likeness (QED) is 0.672. The third-order valence-corrected chi connectivity index (χ3v) is 4.70. The van der Waals surface area contributed by atoms with Crippen molar-refractivity contribution >= 4 is 15.9 Å². The van der Waals surface area contributed by atoms with Crippen molar-refractivity contribution in [1.82, 2.24) is 4.72 Å². The highest BCUT2D eigenvalue weighted by Gasteiger charge is 2.39. The standard InChI is InChI=1S/C9H16N2O4S/c10-5-6-1-4-8(15-6)9(12)11-16(13,14)7-2-3-7/h6-8H,1-5,10H2,(H,11,12). The van der Waals surface area contributed by atoms with Gasteiger partial charge in [0.05, 0.1) is 11.4 Å². The topological polar surface area (TPSA) is 98.5 Å². The highest BCUT2D eigenvalue weighted by atomic mass is 32.2. The van der Waals surface area contributed by atoms with Gasteiger partial charge in [0.2, 0.25) is 10.0 Å². The number of nitrogens with two attached hydrogens (primary N) is 1. The first-order valence-corrected chi connectivity index (χ1v) is 6.98. The van der Waals surface area contributed by atoms with Crippen LogP contribution in [0.15, 0.2) is 0 Å². The summed E-state index contributed by atoms with van der Waals surface area (Å²) >= 11 is 0. The Bertz CT molecular complexity index is 377. The lowest BCUT2D eigenvalue weighted by molar-refractivity contribution is -0.129. The summed E-state index contributed by atoms with van der Waals surface area (Å²) in [5, 5.41) is -0.386. The lowest BCUT2D eigenvalue weighted by Crippen LogP contribution is -2.40. The zero-order chi connectivity index (χ0) is 11.8. The molecule has 2 fully saturated rings. The molecule has 2 atom stereocenters. The molecular formula is C9H16N2O4S. The molecule has 6 nitrogen and oxygen atoms in total. The maximum atomic E-state index is 11.6. The van der Waals surface area contributed by atoms with E-state index in [2.05, 4.69) is 4.72 Å². The number of amides is 1. The van der Waals surface area contributed by atoms with Crippen LogP contribution in [0.4, 0.5) is 0 Å². The molecule has 1 saturated heterocycles. The number of carbonyl (C=O) groups is 1. The number of ether oxygens (including phenoxy) is 1. The van der Waals surface area contributed by atoms with E-state index in [0.717, 1.165) is 0 Å². The lowest BCUT2D eigenvalue weighted by atomic mass is 10.2. The molecule has 92 valence electrons. The van der Waals surface area contributed by atoms with Crippen LogP contribution >= 0.6 is 0 Å². The molecule has 2 rings (SSSR count). The molecule has 2 aliphatic rings. The van der Waals surface area contributed by atoms with Gasteiger partial charge in [-0.25, -0.2) is 8.42 Å². The van der Waals surface area contributed by atoms with Crippen molar-refractivity contribution in [3.05, 3.63) is 0 Å². The van der Waals surface area contributed by atoms with Crippen molar-refractivity contribution in [3.8, 4) is 0 Å². The van der Waals surface area contributed by atoms with Gasteiger partial charge in [0, 0.05) is 6.54 Å². The highest BCUT2D eigenvalue weighted by molar-refractivity contribution is 7.90. The molecule has 0 aromatic heterocycles. The van der Waals surface area contributed by atoms with E-state index in [1.165, 1.54) is 0 Å². The van der Waals surface area contributed by atoms with E-state index in [4.69, 9.17) is 10.5 Å². The Balaban J connectivity index is 1.89. The molecule has 0 aromatic carbocycles. The van der Waals surface area contributed by atoms with Crippen LogP contribution in [-0.2, 0) is 19.6 Å². The van der Waals surface area contributed by atoms with Gasteiger partial charge in [-0.15, -0.1) is 0 Å². The zero-order valence-corrected chi connectivity index (χ0v) is 9.70. The van der Waals surface area contributed by atoms with Crippen molar-refractivity contribution in [2.24, 2.45) is 5.73 Å². The summed E-state index contributed by atoms with van der Waals surface area (Å²) in [6.45, 7) is 0.360. The summed E-state index contributed by atoms with van der Waals surface area (Å²) in [6.07, 6.45) is 1.73. The van der Waals surface area contributed by atoms with Crippen LogP contribution in [0.3, 0.4) is 0 Å². The number of sulfonamides is 1. The van der Waals surface area contributed by atoms with Crippen LogP contribution in [0.5, 0.6) is 0 Å². The second kappa shape index (κ2) is 4.31. The number of hydrogen-bond acceptors (Lipinski definition) is 5. The Morgan fingerprint density at radius 1 is 1.31 bits per heavy atom. The molecule has 0 spiro atoms. The maximum absolute atomic E-state index is 11.6. The molecular weight excluding hydrogens is 232 g/mol. The van der Waals surface area contributed by atoms with Gasteiger partial charge in [0.25, 0.3) is 5.91 Å². The Morgan fingerprint density at radius 2 is 2.00 bits per heavy atom. The summed E-state index contributed by atoms with van der Waals surface area (Å²) in [7, 11) is -3.46. The number of carbonyl (C=O) groups excluding carboxylic acids is 1. The largest absolute Gasteiger partial charge is 0.364 e. The van der Waals surface area contributed by atoms with Gasteiger partial charge >= 0.3 is 0 Å². The summed E-state index contributed by atoms with van der Waals surface area (Å²) in [4.78, 5) is 11.6. The summed E-state index contributed by atoms with van der Waals surface area (Å²) < 4.78 is 30.4. The van der Waals surface area contributed by atoms with Gasteiger partial charge in [-0.1, -0.05) is 0 Å². The molecule has 16 heavy (non-hydrogen) atoms. The van der Waals surface area contributed by atoms with Crippen LogP contribution in [0.2, 0.25) is 0 Å². The maximum Gasteiger partial charge on any atom is 0.262 e. The number of hydrogen-bond donors (Lipinski definition) is 2. The first kappa shape index (κ1) is 11.8. The van der Waals surface area contributed by atoms with Crippen LogP contribution in [0, 0.1) is 0 Å². The predicted molar refractivity (Wildman–Crippen MR) is 57.0 cm³/mol. The molecule has 7 heteroatoms. The van der Waals surface area contributed by atoms with Crippen molar-refractivity contribution in [2.45, 2.75) is 43.1 Å². The van der Waals surface area contributed by atoms with Gasteiger partial charge in [-0.2, -0.15) is 0 Å². The molecule has 1 aliphatic heterocycles. The van der Waals surface area contributed by atoms with Crippen LogP contribution in [0.25, 0.3) is 0 Å². The minimum atomic E-state index is -3.46. The van der Waals surface area contributed by atoms with Crippen molar-refractivity contribution in [2.75, 3.05) is 6.54 Å². The van der Waals surface area contributed by atoms with Crippen LogP contribution in [-0.4, -0.2) is 38.3 Å².